The Hall–Kier alpha value is -2.57. The molecule has 1 aromatic heterocycles. The van der Waals surface area contributed by atoms with Crippen LogP contribution in [0, 0.1) is 0 Å². The molecule has 0 aliphatic heterocycles. The maximum atomic E-state index is 12.5. The van der Waals surface area contributed by atoms with Crippen LogP contribution in [0.5, 0.6) is 5.75 Å². The number of benzene rings is 2. The van der Waals surface area contributed by atoms with Crippen LogP contribution in [0.2, 0.25) is 10.0 Å². The molecule has 8 heteroatoms. The Kier molecular flexibility index (Phi) is 5.44. The van der Waals surface area contributed by atoms with Gasteiger partial charge in [-0.05, 0) is 42.5 Å². The monoisotopic (exact) mass is 391 g/mol. The van der Waals surface area contributed by atoms with Crippen molar-refractivity contribution in [1.82, 2.24) is 15.0 Å². The minimum atomic E-state index is -0.290. The Bertz CT molecular complexity index is 926. The maximum Gasteiger partial charge on any atom is 0.255 e. The molecule has 0 aliphatic rings. The largest absolute Gasteiger partial charge is 0.497 e. The van der Waals surface area contributed by atoms with Crippen LogP contribution in [0.15, 0.2) is 47.0 Å². The van der Waals surface area contributed by atoms with E-state index in [1.807, 2.05) is 24.3 Å². The summed E-state index contributed by atoms with van der Waals surface area (Å²) in [6, 6.07) is 12.0. The van der Waals surface area contributed by atoms with E-state index in [2.05, 4.69) is 10.1 Å². The maximum absolute atomic E-state index is 12.5. The number of hydrogen-bond donors (Lipinski definition) is 0. The molecule has 0 N–H and O–H groups in total. The molecule has 0 saturated heterocycles. The lowest BCUT2D eigenvalue weighted by molar-refractivity contribution is 0.0769. The number of ether oxygens (including phenoxy) is 1. The first-order valence-electron chi connectivity index (χ1n) is 7.65. The number of aromatic nitrogens is 2. The molecule has 0 aliphatic carbocycles. The first-order valence-corrected chi connectivity index (χ1v) is 8.41. The summed E-state index contributed by atoms with van der Waals surface area (Å²) in [5.74, 6) is 1.19. The average Bonchev–Trinajstić information content (AvgIpc) is 3.11. The SMILES string of the molecule is COc1ccc(-c2noc(CN(C)C(=O)c3cc(Cl)ccc3Cl)n2)cc1. The van der Waals surface area contributed by atoms with Crippen molar-refractivity contribution in [2.24, 2.45) is 0 Å². The number of nitrogens with zero attached hydrogens (tertiary/aromatic N) is 3. The summed E-state index contributed by atoms with van der Waals surface area (Å²) < 4.78 is 10.4. The number of halogens is 2. The molecule has 26 heavy (non-hydrogen) atoms. The molecular weight excluding hydrogens is 377 g/mol. The van der Waals surface area contributed by atoms with Crippen LogP contribution >= 0.6 is 23.2 Å². The van der Waals surface area contributed by atoms with Gasteiger partial charge in [-0.25, -0.2) is 0 Å². The predicted octanol–water partition coefficient (Wildman–Crippen LogP) is 4.32. The van der Waals surface area contributed by atoms with Gasteiger partial charge < -0.3 is 14.2 Å². The molecule has 0 atom stereocenters. The lowest BCUT2D eigenvalue weighted by atomic mass is 10.2. The zero-order valence-corrected chi connectivity index (χ0v) is 15.6. The van der Waals surface area contributed by atoms with Gasteiger partial charge in [-0.2, -0.15) is 4.98 Å². The molecule has 0 bridgehead atoms. The number of hydrogen-bond acceptors (Lipinski definition) is 5. The summed E-state index contributed by atoms with van der Waals surface area (Å²) in [5, 5.41) is 4.71. The molecule has 0 spiro atoms. The van der Waals surface area contributed by atoms with E-state index in [0.717, 1.165) is 11.3 Å². The van der Waals surface area contributed by atoms with Gasteiger partial charge in [0.15, 0.2) is 0 Å². The molecule has 1 amide bonds. The third kappa shape index (κ3) is 3.98. The highest BCUT2D eigenvalue weighted by molar-refractivity contribution is 6.35. The van der Waals surface area contributed by atoms with Crippen molar-refractivity contribution in [1.29, 1.82) is 0 Å². The fourth-order valence-corrected chi connectivity index (χ4v) is 2.69. The second kappa shape index (κ2) is 7.76. The van der Waals surface area contributed by atoms with Gasteiger partial charge in [0.25, 0.3) is 5.91 Å². The number of carbonyl (C=O) groups is 1. The topological polar surface area (TPSA) is 68.5 Å². The van der Waals surface area contributed by atoms with Gasteiger partial charge in [0.05, 0.1) is 24.2 Å². The number of methoxy groups -OCH3 is 1. The molecule has 134 valence electrons. The van der Waals surface area contributed by atoms with E-state index in [1.54, 1.807) is 26.3 Å². The molecule has 0 radical (unpaired) electrons. The minimum absolute atomic E-state index is 0.144. The van der Waals surface area contributed by atoms with Crippen LogP contribution in [0.25, 0.3) is 11.4 Å². The second-order valence-corrected chi connectivity index (χ2v) is 6.37. The number of carbonyl (C=O) groups excluding carboxylic acids is 1. The zero-order valence-electron chi connectivity index (χ0n) is 14.1. The quantitative estimate of drug-likeness (QED) is 0.647. The molecule has 1 heterocycles. The highest BCUT2D eigenvalue weighted by atomic mass is 35.5. The molecule has 0 saturated carbocycles. The van der Waals surface area contributed by atoms with Crippen LogP contribution < -0.4 is 4.74 Å². The molecule has 6 nitrogen and oxygen atoms in total. The van der Waals surface area contributed by atoms with Gasteiger partial charge in [0, 0.05) is 17.6 Å². The predicted molar refractivity (Wildman–Crippen MR) is 98.5 cm³/mol. The zero-order chi connectivity index (χ0) is 18.7. The Balaban J connectivity index is 1.73. The van der Waals surface area contributed by atoms with Crippen molar-refractivity contribution in [3.63, 3.8) is 0 Å². The highest BCUT2D eigenvalue weighted by Gasteiger charge is 2.19. The van der Waals surface area contributed by atoms with Crippen LogP contribution in [-0.2, 0) is 6.54 Å². The van der Waals surface area contributed by atoms with Gasteiger partial charge >= 0.3 is 0 Å². The van der Waals surface area contributed by atoms with Crippen LogP contribution in [-0.4, -0.2) is 35.1 Å². The van der Waals surface area contributed by atoms with E-state index in [-0.39, 0.29) is 12.5 Å². The fraction of sp³-hybridized carbons (Fsp3) is 0.167. The Morgan fingerprint density at radius 2 is 1.92 bits per heavy atom. The van der Waals surface area contributed by atoms with Crippen molar-refractivity contribution in [3.8, 4) is 17.1 Å². The lowest BCUT2D eigenvalue weighted by Gasteiger charge is -2.15. The van der Waals surface area contributed by atoms with E-state index >= 15 is 0 Å². The number of rotatable bonds is 5. The summed E-state index contributed by atoms with van der Waals surface area (Å²) in [6.07, 6.45) is 0. The molecule has 2 aromatic carbocycles. The minimum Gasteiger partial charge on any atom is -0.497 e. The van der Waals surface area contributed by atoms with E-state index < -0.39 is 0 Å². The van der Waals surface area contributed by atoms with E-state index in [4.69, 9.17) is 32.5 Å². The van der Waals surface area contributed by atoms with Gasteiger partial charge in [0.2, 0.25) is 11.7 Å². The molecule has 3 aromatic rings. The average molecular weight is 392 g/mol. The Labute approximate surface area is 160 Å². The normalized spacial score (nSPS) is 10.6. The van der Waals surface area contributed by atoms with E-state index in [1.165, 1.54) is 11.0 Å². The summed E-state index contributed by atoms with van der Waals surface area (Å²) in [4.78, 5) is 18.3. The fourth-order valence-electron chi connectivity index (χ4n) is 2.32. The summed E-state index contributed by atoms with van der Waals surface area (Å²) in [6.45, 7) is 0.144. The first kappa shape index (κ1) is 18.2. The van der Waals surface area contributed by atoms with E-state index in [9.17, 15) is 4.79 Å². The van der Waals surface area contributed by atoms with Crippen molar-refractivity contribution < 1.29 is 14.1 Å². The van der Waals surface area contributed by atoms with Crippen molar-refractivity contribution >= 4 is 29.1 Å². The van der Waals surface area contributed by atoms with Gasteiger partial charge in [-0.1, -0.05) is 28.4 Å². The summed E-state index contributed by atoms with van der Waals surface area (Å²) in [5.41, 5.74) is 1.10. The standard InChI is InChI=1S/C18H15Cl2N3O3/c1-23(18(24)14-9-12(19)5-8-15(14)20)10-16-21-17(22-26-16)11-3-6-13(25-2)7-4-11/h3-9H,10H2,1-2H3. The Morgan fingerprint density at radius 1 is 1.19 bits per heavy atom. The van der Waals surface area contributed by atoms with Crippen LogP contribution in [0.3, 0.4) is 0 Å². The highest BCUT2D eigenvalue weighted by Crippen LogP contribution is 2.23. The van der Waals surface area contributed by atoms with Gasteiger partial charge in [-0.3, -0.25) is 4.79 Å². The number of amides is 1. The third-order valence-electron chi connectivity index (χ3n) is 3.69. The van der Waals surface area contributed by atoms with E-state index in [0.29, 0.717) is 27.3 Å². The molecular formula is C18H15Cl2N3O3. The summed E-state index contributed by atoms with van der Waals surface area (Å²) >= 11 is 12.0. The van der Waals surface area contributed by atoms with Crippen LogP contribution in [0.1, 0.15) is 16.2 Å². The molecule has 0 fully saturated rings. The lowest BCUT2D eigenvalue weighted by Crippen LogP contribution is -2.26. The van der Waals surface area contributed by atoms with Crippen molar-refractivity contribution in [2.45, 2.75) is 6.54 Å². The molecule has 3 rings (SSSR count). The van der Waals surface area contributed by atoms with Crippen molar-refractivity contribution in [2.75, 3.05) is 14.2 Å². The van der Waals surface area contributed by atoms with Crippen LogP contribution in [0.4, 0.5) is 0 Å². The molecule has 0 unspecified atom stereocenters. The first-order chi connectivity index (χ1) is 12.5. The second-order valence-electron chi connectivity index (χ2n) is 5.53. The smallest absolute Gasteiger partial charge is 0.255 e. The van der Waals surface area contributed by atoms with Crippen molar-refractivity contribution in [3.05, 3.63) is 64.0 Å². The van der Waals surface area contributed by atoms with Gasteiger partial charge in [-0.15, -0.1) is 0 Å². The summed E-state index contributed by atoms with van der Waals surface area (Å²) in [7, 11) is 3.22. The Morgan fingerprint density at radius 3 is 2.62 bits per heavy atom. The third-order valence-corrected chi connectivity index (χ3v) is 4.26. The van der Waals surface area contributed by atoms with Gasteiger partial charge in [0.1, 0.15) is 5.75 Å².